The van der Waals surface area contributed by atoms with Crippen molar-refractivity contribution in [3.63, 3.8) is 0 Å². The second-order valence-corrected chi connectivity index (χ2v) is 6.34. The van der Waals surface area contributed by atoms with Gasteiger partial charge in [0.15, 0.2) is 0 Å². The third kappa shape index (κ3) is 3.16. The number of nitrogens with one attached hydrogen (secondary N) is 2. The van der Waals surface area contributed by atoms with Crippen molar-refractivity contribution in [3.8, 4) is 0 Å². The van der Waals surface area contributed by atoms with E-state index in [0.717, 1.165) is 24.2 Å². The molecule has 1 aliphatic rings. The molecule has 4 nitrogen and oxygen atoms in total. The summed E-state index contributed by atoms with van der Waals surface area (Å²) in [6, 6.07) is 1.02. The molecular weight excluding hydrogens is 295 g/mol. The molecule has 1 saturated heterocycles. The van der Waals surface area contributed by atoms with E-state index >= 15 is 0 Å². The van der Waals surface area contributed by atoms with Crippen LogP contribution >= 0.6 is 34.5 Å². The summed E-state index contributed by atoms with van der Waals surface area (Å²) in [6.45, 7) is 0.663. The highest BCUT2D eigenvalue weighted by Crippen LogP contribution is 2.31. The first kappa shape index (κ1) is 13.6. The first-order chi connectivity index (χ1) is 8.58. The predicted molar refractivity (Wildman–Crippen MR) is 72.5 cm³/mol. The minimum absolute atomic E-state index is 0.140. The number of hydrogen-bond donors (Lipinski definition) is 2. The van der Waals surface area contributed by atoms with Gasteiger partial charge in [-0.25, -0.2) is 0 Å². The molecule has 0 bridgehead atoms. The normalized spacial score (nSPS) is 20.1. The molecule has 0 spiro atoms. The Labute approximate surface area is 119 Å². The number of hydrogen-bond acceptors (Lipinski definition) is 3. The molecule has 1 aliphatic heterocycles. The van der Waals surface area contributed by atoms with Gasteiger partial charge in [-0.2, -0.15) is 0 Å². The molecule has 2 heterocycles. The van der Waals surface area contributed by atoms with Crippen molar-refractivity contribution in [2.45, 2.75) is 25.3 Å². The lowest BCUT2D eigenvalue weighted by atomic mass is 10.1. The number of rotatable bonds is 2. The van der Waals surface area contributed by atoms with E-state index in [9.17, 15) is 9.59 Å². The van der Waals surface area contributed by atoms with Crippen LogP contribution in [-0.2, 0) is 4.79 Å². The second-order valence-electron chi connectivity index (χ2n) is 4.05. The zero-order valence-corrected chi connectivity index (χ0v) is 11.8. The summed E-state index contributed by atoms with van der Waals surface area (Å²) in [6.07, 6.45) is 2.48. The third-order valence-corrected chi connectivity index (χ3v) is 4.23. The average molecular weight is 307 g/mol. The zero-order valence-electron chi connectivity index (χ0n) is 9.46. The molecule has 0 unspecified atom stereocenters. The minimum Gasteiger partial charge on any atom is -0.354 e. The summed E-state index contributed by atoms with van der Waals surface area (Å²) in [7, 11) is 0. The van der Waals surface area contributed by atoms with Gasteiger partial charge in [-0.05, 0) is 25.3 Å². The Morgan fingerprint density at radius 1 is 1.44 bits per heavy atom. The number of thiophene rings is 1. The van der Waals surface area contributed by atoms with E-state index in [0.29, 0.717) is 27.2 Å². The first-order valence-corrected chi connectivity index (χ1v) is 7.18. The van der Waals surface area contributed by atoms with Crippen molar-refractivity contribution in [1.82, 2.24) is 10.6 Å². The Bertz CT molecular complexity index is 476. The van der Waals surface area contributed by atoms with Gasteiger partial charge < -0.3 is 10.6 Å². The molecule has 1 fully saturated rings. The summed E-state index contributed by atoms with van der Waals surface area (Å²) in [5.41, 5.74) is 0.323. The summed E-state index contributed by atoms with van der Waals surface area (Å²) in [4.78, 5) is 23.7. The Balaban J connectivity index is 2.06. The van der Waals surface area contributed by atoms with Crippen LogP contribution in [0, 0.1) is 0 Å². The topological polar surface area (TPSA) is 58.2 Å². The largest absolute Gasteiger partial charge is 0.354 e. The molecule has 7 heteroatoms. The van der Waals surface area contributed by atoms with Crippen molar-refractivity contribution in [2.75, 3.05) is 6.54 Å². The van der Waals surface area contributed by atoms with Gasteiger partial charge in [0.05, 0.1) is 9.90 Å². The maximum Gasteiger partial charge on any atom is 0.254 e. The lowest BCUT2D eigenvalue weighted by molar-refractivity contribution is -0.122. The van der Waals surface area contributed by atoms with Crippen LogP contribution in [0.5, 0.6) is 0 Å². The summed E-state index contributed by atoms with van der Waals surface area (Å²) >= 11 is 12.8. The fourth-order valence-corrected chi connectivity index (χ4v) is 3.27. The lowest BCUT2D eigenvalue weighted by Gasteiger charge is -2.14. The molecule has 0 saturated carbocycles. The average Bonchev–Trinajstić information content (AvgIpc) is 2.52. The van der Waals surface area contributed by atoms with E-state index < -0.39 is 6.04 Å². The van der Waals surface area contributed by atoms with Crippen LogP contribution in [-0.4, -0.2) is 24.4 Å². The maximum atomic E-state index is 12.0. The lowest BCUT2D eigenvalue weighted by Crippen LogP contribution is -2.45. The van der Waals surface area contributed by atoms with E-state index in [1.165, 1.54) is 6.07 Å². The van der Waals surface area contributed by atoms with Crippen LogP contribution < -0.4 is 10.6 Å². The van der Waals surface area contributed by atoms with Crippen LogP contribution in [0.4, 0.5) is 0 Å². The first-order valence-electron chi connectivity index (χ1n) is 5.61. The van der Waals surface area contributed by atoms with Crippen LogP contribution in [0.2, 0.25) is 8.67 Å². The molecule has 0 radical (unpaired) electrons. The molecule has 1 atom stereocenters. The molecule has 1 aromatic heterocycles. The molecule has 2 rings (SSSR count). The van der Waals surface area contributed by atoms with Gasteiger partial charge in [0.2, 0.25) is 5.91 Å². The van der Waals surface area contributed by atoms with Crippen LogP contribution in [0.3, 0.4) is 0 Å². The second kappa shape index (κ2) is 5.91. The fraction of sp³-hybridized carbons (Fsp3) is 0.455. The van der Waals surface area contributed by atoms with E-state index in [2.05, 4.69) is 10.6 Å². The van der Waals surface area contributed by atoms with Gasteiger partial charge in [0.1, 0.15) is 10.4 Å². The highest BCUT2D eigenvalue weighted by Gasteiger charge is 2.24. The standard InChI is InChI=1S/C11H12Cl2N2O2S/c12-8-5-6(9(13)18-8)10(16)15-7-3-1-2-4-14-11(7)17/h5,7H,1-4H2,(H,14,17)(H,15,16)/t7-/m1/s1. The smallest absolute Gasteiger partial charge is 0.254 e. The van der Waals surface area contributed by atoms with Crippen LogP contribution in [0.25, 0.3) is 0 Å². The Hall–Kier alpha value is -0.780. The van der Waals surface area contributed by atoms with Gasteiger partial charge in [-0.1, -0.05) is 23.2 Å². The highest BCUT2D eigenvalue weighted by atomic mass is 35.5. The molecule has 2 N–H and O–H groups in total. The van der Waals surface area contributed by atoms with Crippen molar-refractivity contribution in [1.29, 1.82) is 0 Å². The quantitative estimate of drug-likeness (QED) is 0.882. The fourth-order valence-electron chi connectivity index (χ4n) is 1.81. The number of carbonyl (C=O) groups is 2. The van der Waals surface area contributed by atoms with E-state index in [4.69, 9.17) is 23.2 Å². The highest BCUT2D eigenvalue weighted by molar-refractivity contribution is 7.20. The van der Waals surface area contributed by atoms with Crippen molar-refractivity contribution >= 4 is 46.4 Å². The van der Waals surface area contributed by atoms with Gasteiger partial charge in [0, 0.05) is 6.54 Å². The minimum atomic E-state index is -0.491. The molecule has 2 amide bonds. The zero-order chi connectivity index (χ0) is 13.1. The van der Waals surface area contributed by atoms with E-state index in [-0.39, 0.29) is 11.8 Å². The van der Waals surface area contributed by atoms with Gasteiger partial charge in [0.25, 0.3) is 5.91 Å². The summed E-state index contributed by atoms with van der Waals surface area (Å²) in [5.74, 6) is -0.497. The molecule has 98 valence electrons. The Morgan fingerprint density at radius 2 is 2.22 bits per heavy atom. The SMILES string of the molecule is O=C(N[C@@H]1CCCCNC1=O)c1cc(Cl)sc1Cl. The molecule has 0 aromatic carbocycles. The Morgan fingerprint density at radius 3 is 2.89 bits per heavy atom. The molecular formula is C11H12Cl2N2O2S. The number of carbonyl (C=O) groups excluding carboxylic acids is 2. The van der Waals surface area contributed by atoms with Crippen molar-refractivity contribution < 1.29 is 9.59 Å². The summed E-state index contributed by atoms with van der Waals surface area (Å²) in [5, 5.41) is 5.45. The van der Waals surface area contributed by atoms with Crippen LogP contribution in [0.1, 0.15) is 29.6 Å². The maximum absolute atomic E-state index is 12.0. The van der Waals surface area contributed by atoms with Crippen molar-refractivity contribution in [2.24, 2.45) is 0 Å². The summed E-state index contributed by atoms with van der Waals surface area (Å²) < 4.78 is 0.794. The van der Waals surface area contributed by atoms with Gasteiger partial charge in [-0.3, -0.25) is 9.59 Å². The van der Waals surface area contributed by atoms with Gasteiger partial charge >= 0.3 is 0 Å². The third-order valence-electron chi connectivity index (χ3n) is 2.74. The monoisotopic (exact) mass is 306 g/mol. The van der Waals surface area contributed by atoms with E-state index in [1.54, 1.807) is 0 Å². The predicted octanol–water partition coefficient (Wildman–Crippen LogP) is 2.45. The van der Waals surface area contributed by atoms with E-state index in [1.807, 2.05) is 0 Å². The number of amides is 2. The van der Waals surface area contributed by atoms with Crippen LogP contribution in [0.15, 0.2) is 6.07 Å². The Kier molecular flexibility index (Phi) is 4.48. The van der Waals surface area contributed by atoms with Gasteiger partial charge in [-0.15, -0.1) is 11.3 Å². The molecule has 1 aromatic rings. The molecule has 18 heavy (non-hydrogen) atoms. The molecule has 0 aliphatic carbocycles. The number of halogens is 2. The van der Waals surface area contributed by atoms with Crippen molar-refractivity contribution in [3.05, 3.63) is 20.3 Å².